The minimum absolute atomic E-state index is 0.0641. The Hall–Kier alpha value is -3.30. The first-order chi connectivity index (χ1) is 19.5. The predicted molar refractivity (Wildman–Crippen MR) is 188 cm³/mol. The molecule has 5 aromatic carbocycles. The van der Waals surface area contributed by atoms with Crippen molar-refractivity contribution >= 4 is 107 Å². The van der Waals surface area contributed by atoms with Gasteiger partial charge in [0, 0.05) is 32.0 Å². The number of hydrogen-bond donors (Lipinski definition) is 0. The molecule has 0 saturated carbocycles. The summed E-state index contributed by atoms with van der Waals surface area (Å²) in [4.78, 5) is 13.3. The highest BCUT2D eigenvalue weighted by Gasteiger charge is 2.25. The third-order valence-electron chi connectivity index (χ3n) is 8.40. The maximum absolute atomic E-state index is 13.3. The lowest BCUT2D eigenvalue weighted by atomic mass is 9.91. The summed E-state index contributed by atoms with van der Waals surface area (Å²) in [5, 5.41) is 9.83. The zero-order valence-electron chi connectivity index (χ0n) is 22.2. The van der Waals surface area contributed by atoms with Crippen LogP contribution in [0.3, 0.4) is 0 Å². The molecule has 1 aliphatic rings. The first kappa shape index (κ1) is 24.5. The lowest BCUT2D eigenvalue weighted by Crippen LogP contribution is -2.13. The predicted octanol–water partition coefficient (Wildman–Crippen LogP) is 10.2. The Bertz CT molecular complexity index is 2310. The van der Waals surface area contributed by atoms with Gasteiger partial charge in [0.05, 0.1) is 45.3 Å². The van der Waals surface area contributed by atoms with Crippen molar-refractivity contribution in [1.29, 1.82) is 0 Å². The van der Waals surface area contributed by atoms with Crippen LogP contribution in [-0.2, 0) is 0 Å². The molecule has 0 aliphatic carbocycles. The van der Waals surface area contributed by atoms with Gasteiger partial charge < -0.3 is 0 Å². The van der Waals surface area contributed by atoms with Crippen LogP contribution in [0.1, 0.15) is 28.5 Å². The molecule has 0 fully saturated rings. The molecule has 0 N–H and O–H groups in total. The van der Waals surface area contributed by atoms with Crippen molar-refractivity contribution in [2.24, 2.45) is 0 Å². The molecule has 2 aromatic heterocycles. The quantitative estimate of drug-likeness (QED) is 0.128. The van der Waals surface area contributed by atoms with Crippen LogP contribution in [0.5, 0.6) is 0 Å². The van der Waals surface area contributed by atoms with Crippen LogP contribution < -0.4 is 0 Å². The number of carbonyl (C=O) groups excluding carboxylic acids is 1. The summed E-state index contributed by atoms with van der Waals surface area (Å²) in [5.41, 5.74) is 8.32. The van der Waals surface area contributed by atoms with Crippen molar-refractivity contribution in [2.75, 3.05) is 0 Å². The Labute approximate surface area is 255 Å². The van der Waals surface area contributed by atoms with E-state index in [1.165, 1.54) is 69.1 Å². The highest BCUT2D eigenvalue weighted by molar-refractivity contribution is 14.2. The number of nitrogens with zero attached hydrogens (tertiary/aromatic N) is 2. The Kier molecular flexibility index (Phi) is 5.42. The second-order valence-corrected chi connectivity index (χ2v) is 14.0. The van der Waals surface area contributed by atoms with Crippen LogP contribution in [0.15, 0.2) is 89.0 Å². The second-order valence-electron chi connectivity index (χ2n) is 10.6. The van der Waals surface area contributed by atoms with Crippen LogP contribution in [0.2, 0.25) is 0 Å². The lowest BCUT2D eigenvalue weighted by Gasteiger charge is -2.15. The van der Waals surface area contributed by atoms with E-state index in [4.69, 9.17) is 0 Å². The Morgan fingerprint density at radius 3 is 2.00 bits per heavy atom. The van der Waals surface area contributed by atoms with Gasteiger partial charge in [0.1, 0.15) is 0 Å². The molecule has 3 nitrogen and oxygen atoms in total. The molecule has 1 aliphatic heterocycles. The standard InChI is InChI=1S/C35H24I2N2O/c1-19-28-18-24-12-14-25-30-23(13-15-26(31(24)30)35(28)39(36)32(19)22-9-5-4-6-10-22)17-27-20(2)33(29-11-7-8-16-37-29)38(21(3)40)34(25)27/h4-18H,1-3H3. The van der Waals surface area contributed by atoms with E-state index in [0.29, 0.717) is 0 Å². The fourth-order valence-corrected chi connectivity index (χ4v) is 10.1. The molecular formula is C35H24I2N2O. The van der Waals surface area contributed by atoms with Crippen molar-refractivity contribution in [3.63, 3.8) is 0 Å². The summed E-state index contributed by atoms with van der Waals surface area (Å²) in [7, 11) is 0. The maximum Gasteiger partial charge on any atom is 0.228 e. The topological polar surface area (TPSA) is 26.9 Å². The van der Waals surface area contributed by atoms with Gasteiger partial charge in [-0.2, -0.15) is 0 Å². The number of rotatable bonds is 2. The average Bonchev–Trinajstić information content (AvgIpc) is 3.41. The van der Waals surface area contributed by atoms with Crippen molar-refractivity contribution < 1.29 is 4.79 Å². The molecule has 0 spiro atoms. The summed E-state index contributed by atoms with van der Waals surface area (Å²) < 4.78 is 7.89. The number of aromatic nitrogens is 2. The first-order valence-electron chi connectivity index (χ1n) is 13.3. The molecule has 8 rings (SSSR count). The molecular weight excluding hydrogens is 718 g/mol. The van der Waals surface area contributed by atoms with Crippen molar-refractivity contribution in [2.45, 2.75) is 20.8 Å². The van der Waals surface area contributed by atoms with Crippen molar-refractivity contribution in [3.8, 4) is 11.3 Å². The largest absolute Gasteiger partial charge is 0.281 e. The number of aryl methyl sites for hydroxylation is 2. The van der Waals surface area contributed by atoms with E-state index in [9.17, 15) is 4.79 Å². The fraction of sp³-hybridized carbons (Fsp3) is 0.0857. The van der Waals surface area contributed by atoms with Gasteiger partial charge in [-0.25, -0.2) is 0 Å². The number of hydrogen-bond acceptors (Lipinski definition) is 1. The molecule has 0 radical (unpaired) electrons. The van der Waals surface area contributed by atoms with Crippen LogP contribution in [-0.4, -0.2) is 16.8 Å². The van der Waals surface area contributed by atoms with Gasteiger partial charge in [0.15, 0.2) is 0 Å². The summed E-state index contributed by atoms with van der Waals surface area (Å²) >= 11 is 2.18. The van der Waals surface area contributed by atoms with E-state index in [0.717, 1.165) is 16.6 Å². The Balaban J connectivity index is 1.55. The zero-order chi connectivity index (χ0) is 27.3. The third kappa shape index (κ3) is 3.22. The SMILES string of the molecule is CC(=O)n1c(C2=IC=CC=C2)c(C)c2cc3ccc4c5c(ccc(c35)c21)cc1c(C)c(-c2ccccc2)n(I)c14. The summed E-state index contributed by atoms with van der Waals surface area (Å²) in [6.07, 6.45) is 6.41. The fourth-order valence-electron chi connectivity index (χ4n) is 6.72. The maximum atomic E-state index is 13.3. The minimum atomic E-state index is -0.287. The number of benzene rings is 5. The monoisotopic (exact) mass is 742 g/mol. The molecule has 194 valence electrons. The summed E-state index contributed by atoms with van der Waals surface area (Å²) in [6.45, 7) is 6.11. The molecule has 0 bridgehead atoms. The average molecular weight is 742 g/mol. The van der Waals surface area contributed by atoms with Crippen molar-refractivity contribution in [3.05, 3.63) is 106 Å². The van der Waals surface area contributed by atoms with Gasteiger partial charge in [0.2, 0.25) is 5.91 Å². The van der Waals surface area contributed by atoms with Crippen LogP contribution in [0.4, 0.5) is 0 Å². The third-order valence-corrected chi connectivity index (χ3v) is 11.7. The van der Waals surface area contributed by atoms with Crippen LogP contribution >= 0.6 is 43.6 Å². The van der Waals surface area contributed by atoms with Gasteiger partial charge in [0.25, 0.3) is 0 Å². The second kappa shape index (κ2) is 8.85. The minimum Gasteiger partial charge on any atom is -0.281 e. The molecule has 0 atom stereocenters. The molecule has 3 heterocycles. The smallest absolute Gasteiger partial charge is 0.228 e. The molecule has 0 unspecified atom stereocenters. The first-order valence-corrected chi connectivity index (χ1v) is 16.6. The van der Waals surface area contributed by atoms with E-state index in [1.54, 1.807) is 6.92 Å². The number of fused-ring (bicyclic) bond motifs is 4. The van der Waals surface area contributed by atoms with Gasteiger partial charge in [-0.1, -0.05) is 87.5 Å². The highest BCUT2D eigenvalue weighted by atomic mass is 127. The number of allylic oxidation sites excluding steroid dienone is 3. The highest BCUT2D eigenvalue weighted by Crippen LogP contribution is 2.46. The lowest BCUT2D eigenvalue weighted by molar-refractivity contribution is 0.0941. The summed E-state index contributed by atoms with van der Waals surface area (Å²) in [5.74, 6) is 0.0641. The van der Waals surface area contributed by atoms with Crippen LogP contribution in [0.25, 0.3) is 65.4 Å². The normalized spacial score (nSPS) is 13.8. The van der Waals surface area contributed by atoms with E-state index >= 15 is 0 Å². The number of carbonyl (C=O) groups is 1. The van der Waals surface area contributed by atoms with E-state index < -0.39 is 0 Å². The van der Waals surface area contributed by atoms with Gasteiger partial charge in [-0.15, -0.1) is 0 Å². The van der Waals surface area contributed by atoms with E-state index in [2.05, 4.69) is 129 Å². The van der Waals surface area contributed by atoms with Crippen molar-refractivity contribution in [1.82, 2.24) is 7.35 Å². The van der Waals surface area contributed by atoms with E-state index in [-0.39, 0.29) is 26.6 Å². The van der Waals surface area contributed by atoms with E-state index in [1.807, 2.05) is 4.57 Å². The summed E-state index contributed by atoms with van der Waals surface area (Å²) in [6, 6.07) is 24.4. The molecule has 5 heteroatoms. The van der Waals surface area contributed by atoms with Crippen LogP contribution in [0, 0.1) is 13.8 Å². The zero-order valence-corrected chi connectivity index (χ0v) is 26.5. The molecule has 40 heavy (non-hydrogen) atoms. The Morgan fingerprint density at radius 2 is 1.38 bits per heavy atom. The molecule has 0 saturated heterocycles. The molecule has 7 aromatic rings. The molecule has 0 amide bonds. The number of halogens is 2. The van der Waals surface area contributed by atoms with Gasteiger partial charge >= 0.3 is 0 Å². The Morgan fingerprint density at radius 1 is 0.750 bits per heavy atom. The van der Waals surface area contributed by atoms with Gasteiger partial charge in [-0.05, 0) is 74.4 Å². The van der Waals surface area contributed by atoms with Gasteiger partial charge in [-0.3, -0.25) is 12.1 Å².